The van der Waals surface area contributed by atoms with E-state index in [-0.39, 0.29) is 0 Å². The highest BCUT2D eigenvalue weighted by atomic mass is 19.4. The van der Waals surface area contributed by atoms with Gasteiger partial charge >= 0.3 is 6.18 Å². The summed E-state index contributed by atoms with van der Waals surface area (Å²) in [7, 11) is 0. The Labute approximate surface area is 113 Å². The lowest BCUT2D eigenvalue weighted by atomic mass is 10.1. The largest absolute Gasteiger partial charge is 0.416 e. The number of aryl methyl sites for hydroxylation is 1. The normalized spacial score (nSPS) is 12.0. The van der Waals surface area contributed by atoms with Gasteiger partial charge in [-0.3, -0.25) is 4.40 Å². The van der Waals surface area contributed by atoms with Crippen molar-refractivity contribution in [3.05, 3.63) is 59.9 Å². The maximum absolute atomic E-state index is 12.8. The third-order valence-corrected chi connectivity index (χ3v) is 3.21. The second-order valence-electron chi connectivity index (χ2n) is 4.58. The van der Waals surface area contributed by atoms with Crippen molar-refractivity contribution in [3.8, 4) is 11.3 Å². The number of hydrogen-bond acceptors (Lipinski definition) is 1. The van der Waals surface area contributed by atoms with Crippen LogP contribution in [0.3, 0.4) is 0 Å². The van der Waals surface area contributed by atoms with Crippen molar-refractivity contribution < 1.29 is 13.2 Å². The summed E-state index contributed by atoms with van der Waals surface area (Å²) in [6.45, 7) is 1.89. The van der Waals surface area contributed by atoms with Crippen LogP contribution in [-0.2, 0) is 6.18 Å². The van der Waals surface area contributed by atoms with Crippen LogP contribution in [0.1, 0.15) is 11.3 Å². The third-order valence-electron chi connectivity index (χ3n) is 3.21. The lowest BCUT2D eigenvalue weighted by Gasteiger charge is -2.09. The van der Waals surface area contributed by atoms with Crippen molar-refractivity contribution >= 4 is 5.65 Å². The van der Waals surface area contributed by atoms with Crippen LogP contribution in [0.25, 0.3) is 16.9 Å². The molecule has 3 rings (SSSR count). The first-order chi connectivity index (χ1) is 9.47. The molecule has 102 valence electrons. The van der Waals surface area contributed by atoms with E-state index < -0.39 is 11.7 Å². The van der Waals surface area contributed by atoms with E-state index in [1.807, 2.05) is 29.5 Å². The van der Waals surface area contributed by atoms with Gasteiger partial charge in [-0.05, 0) is 31.2 Å². The molecule has 0 radical (unpaired) electrons. The zero-order valence-corrected chi connectivity index (χ0v) is 10.6. The highest BCUT2D eigenvalue weighted by Crippen LogP contribution is 2.32. The monoisotopic (exact) mass is 276 g/mol. The number of aromatic nitrogens is 2. The molecule has 0 aliphatic rings. The fourth-order valence-corrected chi connectivity index (χ4v) is 2.26. The standard InChI is InChI=1S/C15H11F3N2/c1-10-4-2-7-14-19-9-13(20(10)14)11-5-3-6-12(8-11)15(16,17)18/h2-9H,1H3. The Morgan fingerprint density at radius 1 is 1.05 bits per heavy atom. The first-order valence-corrected chi connectivity index (χ1v) is 6.07. The number of rotatable bonds is 1. The van der Waals surface area contributed by atoms with Crippen molar-refractivity contribution in [1.29, 1.82) is 0 Å². The predicted molar refractivity (Wildman–Crippen MR) is 70.4 cm³/mol. The number of hydrogen-bond donors (Lipinski definition) is 0. The van der Waals surface area contributed by atoms with Gasteiger partial charge < -0.3 is 0 Å². The van der Waals surface area contributed by atoms with Gasteiger partial charge in [-0.15, -0.1) is 0 Å². The minimum absolute atomic E-state index is 0.502. The molecule has 3 aromatic rings. The second kappa shape index (κ2) is 4.37. The summed E-state index contributed by atoms with van der Waals surface area (Å²) in [5.41, 5.74) is 2.15. The van der Waals surface area contributed by atoms with Crippen LogP contribution < -0.4 is 0 Å². The van der Waals surface area contributed by atoms with Gasteiger partial charge in [-0.1, -0.05) is 18.2 Å². The van der Waals surface area contributed by atoms with Crippen molar-refractivity contribution in [2.24, 2.45) is 0 Å². The maximum Gasteiger partial charge on any atom is 0.416 e. The van der Waals surface area contributed by atoms with Gasteiger partial charge in [0.25, 0.3) is 0 Å². The molecule has 0 aliphatic carbocycles. The lowest BCUT2D eigenvalue weighted by molar-refractivity contribution is -0.137. The number of halogens is 3. The van der Waals surface area contributed by atoms with E-state index in [4.69, 9.17) is 0 Å². The minimum atomic E-state index is -4.34. The molecule has 2 aromatic heterocycles. The molecule has 2 heterocycles. The topological polar surface area (TPSA) is 17.3 Å². The number of benzene rings is 1. The SMILES string of the molecule is Cc1cccc2ncc(-c3cccc(C(F)(F)F)c3)n12. The third kappa shape index (κ3) is 2.05. The summed E-state index contributed by atoms with van der Waals surface area (Å²) >= 11 is 0. The first kappa shape index (κ1) is 12.7. The van der Waals surface area contributed by atoms with Crippen molar-refractivity contribution in [1.82, 2.24) is 9.38 Å². The molecule has 0 bridgehead atoms. The van der Waals surface area contributed by atoms with Gasteiger partial charge in [0.05, 0.1) is 17.5 Å². The van der Waals surface area contributed by atoms with E-state index in [9.17, 15) is 13.2 Å². The molecular formula is C15H11F3N2. The van der Waals surface area contributed by atoms with Crippen LogP contribution in [0.2, 0.25) is 0 Å². The summed E-state index contributed by atoms with van der Waals surface area (Å²) < 4.78 is 40.2. The Kier molecular flexibility index (Phi) is 2.78. The number of alkyl halides is 3. The molecule has 0 fully saturated rings. The van der Waals surface area contributed by atoms with E-state index in [1.54, 1.807) is 12.3 Å². The molecule has 5 heteroatoms. The lowest BCUT2D eigenvalue weighted by Crippen LogP contribution is -2.04. The Hall–Kier alpha value is -2.30. The zero-order valence-electron chi connectivity index (χ0n) is 10.6. The average molecular weight is 276 g/mol. The van der Waals surface area contributed by atoms with Crippen LogP contribution in [-0.4, -0.2) is 9.38 Å². The summed E-state index contributed by atoms with van der Waals surface area (Å²) in [6, 6.07) is 10.9. The number of fused-ring (bicyclic) bond motifs is 1. The van der Waals surface area contributed by atoms with Crippen LogP contribution >= 0.6 is 0 Å². The van der Waals surface area contributed by atoms with Gasteiger partial charge in [0.2, 0.25) is 0 Å². The molecule has 0 saturated heterocycles. The highest BCUT2D eigenvalue weighted by molar-refractivity contribution is 5.65. The van der Waals surface area contributed by atoms with Gasteiger partial charge in [0.15, 0.2) is 0 Å². The van der Waals surface area contributed by atoms with Crippen LogP contribution in [0.5, 0.6) is 0 Å². The van der Waals surface area contributed by atoms with Crippen molar-refractivity contribution in [3.63, 3.8) is 0 Å². The Morgan fingerprint density at radius 3 is 2.55 bits per heavy atom. The van der Waals surface area contributed by atoms with Gasteiger partial charge in [0.1, 0.15) is 5.65 Å². The summed E-state index contributed by atoms with van der Waals surface area (Å²) in [5.74, 6) is 0. The summed E-state index contributed by atoms with van der Waals surface area (Å²) in [5, 5.41) is 0. The molecule has 1 aromatic carbocycles. The Balaban J connectivity index is 2.22. The first-order valence-electron chi connectivity index (χ1n) is 6.07. The van der Waals surface area contributed by atoms with Crippen LogP contribution in [0.15, 0.2) is 48.7 Å². The number of imidazole rings is 1. The summed E-state index contributed by atoms with van der Waals surface area (Å²) in [6.07, 6.45) is -2.75. The summed E-state index contributed by atoms with van der Waals surface area (Å²) in [4.78, 5) is 4.23. The predicted octanol–water partition coefficient (Wildman–Crippen LogP) is 4.33. The van der Waals surface area contributed by atoms with Crippen LogP contribution in [0, 0.1) is 6.92 Å². The fraction of sp³-hybridized carbons (Fsp3) is 0.133. The minimum Gasteiger partial charge on any atom is -0.297 e. The molecule has 0 atom stereocenters. The molecule has 2 nitrogen and oxygen atoms in total. The van der Waals surface area contributed by atoms with E-state index in [0.29, 0.717) is 11.3 Å². The average Bonchev–Trinajstić information content (AvgIpc) is 2.83. The maximum atomic E-state index is 12.8. The Morgan fingerprint density at radius 2 is 1.80 bits per heavy atom. The molecule has 0 spiro atoms. The molecule has 0 aliphatic heterocycles. The van der Waals surface area contributed by atoms with Gasteiger partial charge in [-0.2, -0.15) is 13.2 Å². The highest BCUT2D eigenvalue weighted by Gasteiger charge is 2.30. The van der Waals surface area contributed by atoms with E-state index in [0.717, 1.165) is 23.5 Å². The molecule has 20 heavy (non-hydrogen) atoms. The van der Waals surface area contributed by atoms with Gasteiger partial charge in [-0.25, -0.2) is 4.98 Å². The number of pyridine rings is 1. The number of nitrogens with zero attached hydrogens (tertiary/aromatic N) is 2. The molecular weight excluding hydrogens is 265 g/mol. The van der Waals surface area contributed by atoms with E-state index >= 15 is 0 Å². The smallest absolute Gasteiger partial charge is 0.297 e. The molecule has 0 N–H and O–H groups in total. The van der Waals surface area contributed by atoms with Crippen molar-refractivity contribution in [2.45, 2.75) is 13.1 Å². The quantitative estimate of drug-likeness (QED) is 0.646. The zero-order chi connectivity index (χ0) is 14.3. The van der Waals surface area contributed by atoms with Crippen molar-refractivity contribution in [2.75, 3.05) is 0 Å². The molecule has 0 unspecified atom stereocenters. The van der Waals surface area contributed by atoms with Crippen LogP contribution in [0.4, 0.5) is 13.2 Å². The van der Waals surface area contributed by atoms with Gasteiger partial charge in [0, 0.05) is 11.3 Å². The fourth-order valence-electron chi connectivity index (χ4n) is 2.26. The van der Waals surface area contributed by atoms with E-state index in [1.165, 1.54) is 6.07 Å². The second-order valence-corrected chi connectivity index (χ2v) is 4.58. The molecule has 0 saturated carbocycles. The Bertz CT molecular complexity index is 772. The van der Waals surface area contributed by atoms with E-state index in [2.05, 4.69) is 4.98 Å². The molecule has 0 amide bonds.